The average molecular weight is 854 g/mol. The third-order valence-corrected chi connectivity index (χ3v) is 11.8. The number of cyclic esters (lactones) is 1. The van der Waals surface area contributed by atoms with Crippen LogP contribution in [0.5, 0.6) is 0 Å². The van der Waals surface area contributed by atoms with Crippen LogP contribution in [0.1, 0.15) is 64.8 Å². The topological polar surface area (TPSA) is 270 Å². The fourth-order valence-electron chi connectivity index (χ4n) is 8.58. The first kappa shape index (κ1) is 43.5. The van der Waals surface area contributed by atoms with Gasteiger partial charge in [0.2, 0.25) is 29.5 Å². The van der Waals surface area contributed by atoms with E-state index in [2.05, 4.69) is 21.3 Å². The second-order valence-corrected chi connectivity index (χ2v) is 15.7. The Balaban J connectivity index is 1.09. The van der Waals surface area contributed by atoms with Crippen molar-refractivity contribution >= 4 is 46.4 Å². The fraction of sp³-hybridized carbons (Fsp3) is 0.395. The molecule has 0 fully saturated rings. The highest BCUT2D eigenvalue weighted by Crippen LogP contribution is 2.46. The Labute approximate surface area is 354 Å². The number of aliphatic hydroxyl groups is 1. The number of nitrogens with zero attached hydrogens (tertiary/aromatic N) is 3. The monoisotopic (exact) mass is 853 g/mol. The summed E-state index contributed by atoms with van der Waals surface area (Å²) in [6, 6.07) is 10.1. The van der Waals surface area contributed by atoms with E-state index >= 15 is 4.39 Å². The summed E-state index contributed by atoms with van der Waals surface area (Å²) in [5.41, 5.74) is 12.9. The third-order valence-electron chi connectivity index (χ3n) is 11.8. The van der Waals surface area contributed by atoms with Gasteiger partial charge in [-0.05, 0) is 54.5 Å². The number of ether oxygens (including phenoxy) is 1. The maximum absolute atomic E-state index is 15.4. The highest BCUT2D eigenvalue weighted by Gasteiger charge is 2.46. The lowest BCUT2D eigenvalue weighted by Gasteiger charge is -2.31. The van der Waals surface area contributed by atoms with Crippen molar-refractivity contribution in [2.24, 2.45) is 11.5 Å². The molecule has 3 aliphatic rings. The molecule has 0 saturated carbocycles. The van der Waals surface area contributed by atoms with Gasteiger partial charge < -0.3 is 52.0 Å². The molecule has 0 unspecified atom stereocenters. The van der Waals surface area contributed by atoms with Crippen LogP contribution in [0.25, 0.3) is 22.3 Å². The first-order valence-corrected chi connectivity index (χ1v) is 20.3. The van der Waals surface area contributed by atoms with Crippen LogP contribution >= 0.6 is 0 Å². The van der Waals surface area contributed by atoms with Gasteiger partial charge in [0, 0.05) is 42.1 Å². The summed E-state index contributed by atoms with van der Waals surface area (Å²) in [6.45, 7) is 1.62. The van der Waals surface area contributed by atoms with E-state index in [0.29, 0.717) is 51.8 Å². The average Bonchev–Trinajstić information content (AvgIpc) is 3.63. The molecule has 4 heterocycles. The largest absolute Gasteiger partial charge is 0.458 e. The summed E-state index contributed by atoms with van der Waals surface area (Å²) in [5, 5.41) is 23.1. The summed E-state index contributed by atoms with van der Waals surface area (Å²) in [5.74, 6) is -4.34. The van der Waals surface area contributed by atoms with Crippen LogP contribution in [0.3, 0.4) is 0 Å². The van der Waals surface area contributed by atoms with E-state index in [4.69, 9.17) is 21.2 Å². The number of aromatic nitrogens is 2. The van der Waals surface area contributed by atoms with E-state index in [1.54, 1.807) is 50.2 Å². The number of nitrogens with one attached hydrogen (secondary N) is 4. The lowest BCUT2D eigenvalue weighted by molar-refractivity contribution is -0.172. The Morgan fingerprint density at radius 3 is 2.53 bits per heavy atom. The number of carbonyl (C=O) groups is 6. The minimum absolute atomic E-state index is 0.0363. The number of benzene rings is 2. The molecule has 5 amide bonds. The standard InChI is InChI=1S/C43H48FN9O9/c1-3-43(61)27-14-32-39-25(19-53(32)40(58)26(27)21-62-42(43)60)38-29(10-9-24-22(2)28(44)15-30(51-39)37(24)38)49-35(56)17-47-11-12-52(20-33(46)54)41(59)31(13-23-7-5-4-6-8-23)50-36(57)18-48-34(55)16-45/h4-8,14-15,29,31,47,61H,3,9-13,16-21,45H2,1-2H3,(H2,46,54)(H,48,55)(H,49,56)(H,50,57)/t29-,31-,43-/m0/s1. The van der Waals surface area contributed by atoms with E-state index in [0.717, 1.165) is 11.1 Å². The first-order chi connectivity index (χ1) is 29.6. The summed E-state index contributed by atoms with van der Waals surface area (Å²) in [7, 11) is 0. The zero-order valence-electron chi connectivity index (χ0n) is 34.3. The van der Waals surface area contributed by atoms with Crippen LogP contribution in [0, 0.1) is 12.7 Å². The normalized spacial score (nSPS) is 17.6. The van der Waals surface area contributed by atoms with Gasteiger partial charge in [-0.3, -0.25) is 28.8 Å². The second kappa shape index (κ2) is 17.8. The molecule has 7 rings (SSSR count). The number of rotatable bonds is 16. The number of pyridine rings is 2. The van der Waals surface area contributed by atoms with Gasteiger partial charge in [0.05, 0.1) is 61.2 Å². The molecule has 2 aliphatic heterocycles. The number of fused-ring (bicyclic) bond motifs is 5. The number of esters is 1. The van der Waals surface area contributed by atoms with E-state index in [1.165, 1.54) is 15.5 Å². The summed E-state index contributed by atoms with van der Waals surface area (Å²) < 4.78 is 22.1. The lowest BCUT2D eigenvalue weighted by atomic mass is 9.81. The van der Waals surface area contributed by atoms with Gasteiger partial charge in [-0.25, -0.2) is 14.2 Å². The number of halogens is 1. The highest BCUT2D eigenvalue weighted by molar-refractivity contribution is 5.95. The van der Waals surface area contributed by atoms with Crippen molar-refractivity contribution in [3.05, 3.63) is 97.6 Å². The van der Waals surface area contributed by atoms with E-state index < -0.39 is 77.7 Å². The number of nitrogens with two attached hydrogens (primary N) is 2. The molecule has 0 saturated heterocycles. The molecular weight excluding hydrogens is 806 g/mol. The molecule has 1 aliphatic carbocycles. The predicted octanol–water partition coefficient (Wildman–Crippen LogP) is -0.663. The van der Waals surface area contributed by atoms with Crippen molar-refractivity contribution in [2.75, 3.05) is 39.3 Å². The van der Waals surface area contributed by atoms with Crippen LogP contribution in [0.2, 0.25) is 0 Å². The summed E-state index contributed by atoms with van der Waals surface area (Å²) >= 11 is 0. The molecule has 3 atom stereocenters. The molecule has 0 bridgehead atoms. The maximum Gasteiger partial charge on any atom is 0.343 e. The van der Waals surface area contributed by atoms with Gasteiger partial charge in [0.15, 0.2) is 5.60 Å². The van der Waals surface area contributed by atoms with Gasteiger partial charge in [-0.15, -0.1) is 0 Å². The summed E-state index contributed by atoms with van der Waals surface area (Å²) in [4.78, 5) is 96.7. The Morgan fingerprint density at radius 1 is 1.06 bits per heavy atom. The third kappa shape index (κ3) is 8.37. The minimum atomic E-state index is -2.04. The van der Waals surface area contributed by atoms with Crippen LogP contribution in [0.15, 0.2) is 47.3 Å². The molecule has 326 valence electrons. The number of primary amides is 1. The molecule has 2 aromatic heterocycles. The lowest BCUT2D eigenvalue weighted by Crippen LogP contribution is -2.54. The van der Waals surface area contributed by atoms with Crippen LogP contribution < -0.4 is 38.3 Å². The molecule has 0 radical (unpaired) electrons. The SMILES string of the molecule is CC[C@@]1(O)C(=O)OCc2c1cc1n(c2=O)Cc2c-1nc1cc(F)c(C)c3c1c2[C@@H](NC(=O)CNCCN(CC(N)=O)C(=O)[C@H](Cc1ccccc1)NC(=O)CNC(=O)CN)CC3. The van der Waals surface area contributed by atoms with Crippen molar-refractivity contribution in [3.63, 3.8) is 0 Å². The fourth-order valence-corrected chi connectivity index (χ4v) is 8.58. The number of carbonyl (C=O) groups excluding carboxylic acids is 6. The molecule has 19 heteroatoms. The van der Waals surface area contributed by atoms with Crippen LogP contribution in [0.4, 0.5) is 4.39 Å². The van der Waals surface area contributed by atoms with Gasteiger partial charge in [0.1, 0.15) is 18.5 Å². The highest BCUT2D eigenvalue weighted by atomic mass is 19.1. The van der Waals surface area contributed by atoms with Crippen LogP contribution in [-0.2, 0) is 65.1 Å². The summed E-state index contributed by atoms with van der Waals surface area (Å²) in [6.07, 6.45) is 0.867. The minimum Gasteiger partial charge on any atom is -0.458 e. The van der Waals surface area contributed by atoms with Crippen LogP contribution in [-0.4, -0.2) is 100 Å². The molecule has 62 heavy (non-hydrogen) atoms. The Kier molecular flexibility index (Phi) is 12.5. The molecule has 9 N–H and O–H groups in total. The Morgan fingerprint density at radius 2 is 1.82 bits per heavy atom. The molecular formula is C43H48FN9O9. The number of amides is 5. The Hall–Kier alpha value is -6.57. The van der Waals surface area contributed by atoms with Crippen molar-refractivity contribution in [1.82, 2.24) is 35.7 Å². The van der Waals surface area contributed by atoms with Crippen molar-refractivity contribution in [2.45, 2.75) is 70.4 Å². The number of hydrogen-bond acceptors (Lipinski definition) is 12. The van der Waals surface area contributed by atoms with Crippen molar-refractivity contribution < 1.29 is 43.0 Å². The van der Waals surface area contributed by atoms with Gasteiger partial charge >= 0.3 is 5.97 Å². The molecule has 0 spiro atoms. The number of aryl methyl sites for hydroxylation is 1. The maximum atomic E-state index is 15.4. The van der Waals surface area contributed by atoms with Crippen molar-refractivity contribution in [3.8, 4) is 11.4 Å². The molecule has 2 aromatic carbocycles. The van der Waals surface area contributed by atoms with E-state index in [9.17, 15) is 38.7 Å². The van der Waals surface area contributed by atoms with Gasteiger partial charge in [-0.2, -0.15) is 0 Å². The van der Waals surface area contributed by atoms with E-state index in [-0.39, 0.29) is 63.3 Å². The number of hydrogen-bond donors (Lipinski definition) is 7. The Bertz CT molecular complexity index is 2570. The predicted molar refractivity (Wildman–Crippen MR) is 221 cm³/mol. The van der Waals surface area contributed by atoms with Gasteiger partial charge in [0.25, 0.3) is 5.56 Å². The quantitative estimate of drug-likeness (QED) is 0.0482. The zero-order chi connectivity index (χ0) is 44.5. The zero-order valence-corrected chi connectivity index (χ0v) is 34.3. The molecule has 4 aromatic rings. The molecule has 18 nitrogen and oxygen atoms in total. The van der Waals surface area contributed by atoms with E-state index in [1.807, 2.05) is 0 Å². The van der Waals surface area contributed by atoms with Crippen molar-refractivity contribution in [1.29, 1.82) is 0 Å². The first-order valence-electron chi connectivity index (χ1n) is 20.3. The smallest absolute Gasteiger partial charge is 0.343 e. The van der Waals surface area contributed by atoms with Gasteiger partial charge in [-0.1, -0.05) is 37.3 Å². The second-order valence-electron chi connectivity index (χ2n) is 15.7.